The van der Waals surface area contributed by atoms with Gasteiger partial charge in [-0.15, -0.1) is 0 Å². The molecule has 20 heavy (non-hydrogen) atoms. The van der Waals surface area contributed by atoms with Crippen LogP contribution in [0.2, 0.25) is 0 Å². The largest absolute Gasteiger partial charge is 0.399 e. The Hall–Kier alpha value is -2.29. The van der Waals surface area contributed by atoms with Crippen LogP contribution in [0.15, 0.2) is 48.5 Å². The van der Waals surface area contributed by atoms with Gasteiger partial charge < -0.3 is 10.6 Å². The van der Waals surface area contributed by atoms with Crippen LogP contribution in [0.25, 0.3) is 0 Å². The van der Waals surface area contributed by atoms with E-state index in [9.17, 15) is 4.79 Å². The summed E-state index contributed by atoms with van der Waals surface area (Å²) in [5.41, 5.74) is 9.67. The standard InChI is InChI=1S/C17H18N2O/c18-16-9-3-7-14(11-16)17(20)19-10-4-8-13-5-1-2-6-15(13)12-19/h1-3,5-7,9,11H,4,8,10,12,18H2. The first-order valence-electron chi connectivity index (χ1n) is 6.95. The van der Waals surface area contributed by atoms with Gasteiger partial charge in [-0.05, 0) is 42.2 Å². The highest BCUT2D eigenvalue weighted by molar-refractivity contribution is 5.95. The lowest BCUT2D eigenvalue weighted by atomic mass is 10.0. The number of amides is 1. The van der Waals surface area contributed by atoms with Gasteiger partial charge in [0, 0.05) is 24.3 Å². The number of anilines is 1. The summed E-state index contributed by atoms with van der Waals surface area (Å²) in [7, 11) is 0. The molecule has 1 amide bonds. The number of carbonyl (C=O) groups is 1. The third-order valence-electron chi connectivity index (χ3n) is 3.77. The Kier molecular flexibility index (Phi) is 3.42. The van der Waals surface area contributed by atoms with Crippen molar-refractivity contribution in [1.29, 1.82) is 0 Å². The Morgan fingerprint density at radius 1 is 1.05 bits per heavy atom. The average Bonchev–Trinajstić information content (AvgIpc) is 2.68. The first kappa shape index (κ1) is 12.7. The molecule has 1 aliphatic heterocycles. The molecule has 0 aliphatic carbocycles. The zero-order valence-electron chi connectivity index (χ0n) is 11.4. The van der Waals surface area contributed by atoms with Gasteiger partial charge in [0.05, 0.1) is 0 Å². The van der Waals surface area contributed by atoms with Gasteiger partial charge in [0.15, 0.2) is 0 Å². The van der Waals surface area contributed by atoms with Crippen molar-refractivity contribution < 1.29 is 4.79 Å². The third kappa shape index (κ3) is 2.52. The predicted octanol–water partition coefficient (Wildman–Crippen LogP) is 2.86. The average molecular weight is 266 g/mol. The number of nitrogens with two attached hydrogens (primary N) is 1. The molecular formula is C17H18N2O. The monoisotopic (exact) mass is 266 g/mol. The molecule has 0 fully saturated rings. The van der Waals surface area contributed by atoms with Gasteiger partial charge in [0.1, 0.15) is 0 Å². The van der Waals surface area contributed by atoms with E-state index in [1.54, 1.807) is 12.1 Å². The highest BCUT2D eigenvalue weighted by Gasteiger charge is 2.19. The summed E-state index contributed by atoms with van der Waals surface area (Å²) in [6, 6.07) is 15.6. The molecule has 0 unspecified atom stereocenters. The zero-order chi connectivity index (χ0) is 13.9. The molecule has 2 aromatic rings. The Labute approximate surface area is 119 Å². The first-order valence-corrected chi connectivity index (χ1v) is 6.95. The summed E-state index contributed by atoms with van der Waals surface area (Å²) in [5.74, 6) is 0.0639. The zero-order valence-corrected chi connectivity index (χ0v) is 11.4. The quantitative estimate of drug-likeness (QED) is 0.807. The van der Waals surface area contributed by atoms with Crippen LogP contribution in [0, 0.1) is 0 Å². The van der Waals surface area contributed by atoms with Crippen molar-refractivity contribution >= 4 is 11.6 Å². The van der Waals surface area contributed by atoms with Crippen LogP contribution in [0.3, 0.4) is 0 Å². The molecule has 0 atom stereocenters. The molecule has 0 saturated carbocycles. The fraction of sp³-hybridized carbons (Fsp3) is 0.235. The van der Waals surface area contributed by atoms with Crippen molar-refractivity contribution in [2.75, 3.05) is 12.3 Å². The molecule has 2 aromatic carbocycles. The van der Waals surface area contributed by atoms with Crippen molar-refractivity contribution in [2.24, 2.45) is 0 Å². The second-order valence-electron chi connectivity index (χ2n) is 5.22. The van der Waals surface area contributed by atoms with E-state index in [1.165, 1.54) is 11.1 Å². The normalized spacial score (nSPS) is 14.5. The third-order valence-corrected chi connectivity index (χ3v) is 3.77. The van der Waals surface area contributed by atoms with Crippen molar-refractivity contribution in [1.82, 2.24) is 4.90 Å². The lowest BCUT2D eigenvalue weighted by Crippen LogP contribution is -2.30. The van der Waals surface area contributed by atoms with Gasteiger partial charge in [-0.1, -0.05) is 30.3 Å². The molecule has 3 heteroatoms. The molecule has 3 rings (SSSR count). The maximum atomic E-state index is 12.6. The van der Waals surface area contributed by atoms with E-state index >= 15 is 0 Å². The summed E-state index contributed by atoms with van der Waals surface area (Å²) in [5, 5.41) is 0. The number of hydrogen-bond donors (Lipinski definition) is 1. The molecule has 0 spiro atoms. The van der Waals surface area contributed by atoms with E-state index in [2.05, 4.69) is 18.2 Å². The van der Waals surface area contributed by atoms with Gasteiger partial charge in [0.2, 0.25) is 0 Å². The van der Waals surface area contributed by atoms with E-state index in [0.717, 1.165) is 19.4 Å². The second kappa shape index (κ2) is 5.37. The first-order chi connectivity index (χ1) is 9.74. The number of nitrogen functional groups attached to an aromatic ring is 1. The highest BCUT2D eigenvalue weighted by Crippen LogP contribution is 2.20. The molecule has 0 saturated heterocycles. The predicted molar refractivity (Wildman–Crippen MR) is 80.4 cm³/mol. The minimum Gasteiger partial charge on any atom is -0.399 e. The van der Waals surface area contributed by atoms with E-state index in [0.29, 0.717) is 17.8 Å². The summed E-state index contributed by atoms with van der Waals surface area (Å²) in [4.78, 5) is 14.5. The number of benzene rings is 2. The van der Waals surface area contributed by atoms with Crippen molar-refractivity contribution in [3.63, 3.8) is 0 Å². The Morgan fingerprint density at radius 2 is 1.85 bits per heavy atom. The Morgan fingerprint density at radius 3 is 2.65 bits per heavy atom. The smallest absolute Gasteiger partial charge is 0.254 e. The molecule has 3 nitrogen and oxygen atoms in total. The topological polar surface area (TPSA) is 46.3 Å². The Bertz CT molecular complexity index is 636. The summed E-state index contributed by atoms with van der Waals surface area (Å²) < 4.78 is 0. The maximum absolute atomic E-state index is 12.6. The van der Waals surface area contributed by atoms with Crippen LogP contribution in [-0.2, 0) is 13.0 Å². The van der Waals surface area contributed by atoms with Crippen LogP contribution < -0.4 is 5.73 Å². The number of rotatable bonds is 1. The minimum atomic E-state index is 0.0639. The highest BCUT2D eigenvalue weighted by atomic mass is 16.2. The molecule has 102 valence electrons. The van der Waals surface area contributed by atoms with E-state index in [1.807, 2.05) is 23.1 Å². The number of hydrogen-bond acceptors (Lipinski definition) is 2. The van der Waals surface area contributed by atoms with Crippen LogP contribution in [-0.4, -0.2) is 17.4 Å². The van der Waals surface area contributed by atoms with Crippen LogP contribution in [0.5, 0.6) is 0 Å². The van der Waals surface area contributed by atoms with Gasteiger partial charge in [-0.3, -0.25) is 4.79 Å². The lowest BCUT2D eigenvalue weighted by molar-refractivity contribution is 0.0746. The number of nitrogens with zero attached hydrogens (tertiary/aromatic N) is 1. The van der Waals surface area contributed by atoms with Gasteiger partial charge in [-0.2, -0.15) is 0 Å². The Balaban J connectivity index is 1.86. The van der Waals surface area contributed by atoms with E-state index in [-0.39, 0.29) is 5.91 Å². The second-order valence-corrected chi connectivity index (χ2v) is 5.22. The van der Waals surface area contributed by atoms with E-state index in [4.69, 9.17) is 5.73 Å². The SMILES string of the molecule is Nc1cccc(C(=O)N2CCCc3ccccc3C2)c1. The van der Waals surface area contributed by atoms with Gasteiger partial charge in [0.25, 0.3) is 5.91 Å². The van der Waals surface area contributed by atoms with Crippen LogP contribution >= 0.6 is 0 Å². The van der Waals surface area contributed by atoms with Crippen molar-refractivity contribution in [3.05, 3.63) is 65.2 Å². The van der Waals surface area contributed by atoms with Gasteiger partial charge in [-0.25, -0.2) is 0 Å². The van der Waals surface area contributed by atoms with Crippen molar-refractivity contribution in [2.45, 2.75) is 19.4 Å². The molecular weight excluding hydrogens is 248 g/mol. The van der Waals surface area contributed by atoms with Crippen molar-refractivity contribution in [3.8, 4) is 0 Å². The molecule has 1 aliphatic rings. The number of aryl methyl sites for hydroxylation is 1. The van der Waals surface area contributed by atoms with Crippen LogP contribution in [0.1, 0.15) is 27.9 Å². The maximum Gasteiger partial charge on any atom is 0.254 e. The molecule has 0 bridgehead atoms. The van der Waals surface area contributed by atoms with Crippen LogP contribution in [0.4, 0.5) is 5.69 Å². The summed E-state index contributed by atoms with van der Waals surface area (Å²) >= 11 is 0. The van der Waals surface area contributed by atoms with Gasteiger partial charge >= 0.3 is 0 Å². The fourth-order valence-corrected chi connectivity index (χ4v) is 2.73. The lowest BCUT2D eigenvalue weighted by Gasteiger charge is -2.21. The molecule has 1 heterocycles. The number of fused-ring (bicyclic) bond motifs is 1. The molecule has 0 radical (unpaired) electrons. The van der Waals surface area contributed by atoms with E-state index < -0.39 is 0 Å². The minimum absolute atomic E-state index is 0.0639. The summed E-state index contributed by atoms with van der Waals surface area (Å²) in [6.45, 7) is 1.48. The summed E-state index contributed by atoms with van der Waals surface area (Å²) in [6.07, 6.45) is 2.04. The molecule has 0 aromatic heterocycles. The molecule has 2 N–H and O–H groups in total. The fourth-order valence-electron chi connectivity index (χ4n) is 2.73. The number of carbonyl (C=O) groups excluding carboxylic acids is 1.